The van der Waals surface area contributed by atoms with Crippen LogP contribution in [0.5, 0.6) is 0 Å². The number of ether oxygens (including phenoxy) is 1. The maximum Gasteiger partial charge on any atom is 0.410 e. The summed E-state index contributed by atoms with van der Waals surface area (Å²) in [5.41, 5.74) is 7.26. The van der Waals surface area contributed by atoms with Gasteiger partial charge >= 0.3 is 6.09 Å². The summed E-state index contributed by atoms with van der Waals surface area (Å²) in [6.07, 6.45) is 1.21. The number of hydrogen-bond donors (Lipinski definition) is 2. The van der Waals surface area contributed by atoms with Crippen LogP contribution in [0.15, 0.2) is 0 Å². The topological polar surface area (TPSA) is 93.9 Å². The van der Waals surface area contributed by atoms with Crippen molar-refractivity contribution in [3.8, 4) is 0 Å². The van der Waals surface area contributed by atoms with Crippen molar-refractivity contribution < 1.29 is 19.2 Å². The van der Waals surface area contributed by atoms with Crippen molar-refractivity contribution in [1.82, 2.24) is 10.4 Å². The summed E-state index contributed by atoms with van der Waals surface area (Å²) in [7, 11) is 0. The molecule has 2 amide bonds. The van der Waals surface area contributed by atoms with Gasteiger partial charge in [0, 0.05) is 19.1 Å². The number of carbonyl (C=O) groups excluding carboxylic acids is 2. The van der Waals surface area contributed by atoms with E-state index in [1.807, 2.05) is 20.8 Å². The fourth-order valence-corrected chi connectivity index (χ4v) is 1.74. The highest BCUT2D eigenvalue weighted by Gasteiger charge is 2.26. The molecule has 0 radical (unpaired) electrons. The van der Waals surface area contributed by atoms with E-state index in [1.54, 1.807) is 4.90 Å². The zero-order valence-corrected chi connectivity index (χ0v) is 11.8. The Bertz CT molecular complexity index is 319. The van der Waals surface area contributed by atoms with E-state index in [9.17, 15) is 9.59 Å². The van der Waals surface area contributed by atoms with Crippen molar-refractivity contribution in [2.75, 3.05) is 19.7 Å². The Hall–Kier alpha value is -1.34. The largest absolute Gasteiger partial charge is 0.444 e. The van der Waals surface area contributed by atoms with Gasteiger partial charge in [-0.05, 0) is 33.6 Å². The van der Waals surface area contributed by atoms with Gasteiger partial charge in [0.15, 0.2) is 0 Å². The molecule has 0 bridgehead atoms. The fourth-order valence-electron chi connectivity index (χ4n) is 1.74. The minimum Gasteiger partial charge on any atom is -0.444 e. The third-order valence-corrected chi connectivity index (χ3v) is 2.61. The van der Waals surface area contributed by atoms with Gasteiger partial charge in [0.1, 0.15) is 12.2 Å². The molecule has 0 unspecified atom stereocenters. The Balaban J connectivity index is 2.25. The van der Waals surface area contributed by atoms with Crippen LogP contribution in [0.1, 0.15) is 33.6 Å². The van der Waals surface area contributed by atoms with Crippen LogP contribution >= 0.6 is 0 Å². The van der Waals surface area contributed by atoms with E-state index in [4.69, 9.17) is 15.3 Å². The second-order valence-electron chi connectivity index (χ2n) is 5.61. The number of piperidine rings is 1. The minimum atomic E-state index is -0.515. The second-order valence-corrected chi connectivity index (χ2v) is 5.61. The van der Waals surface area contributed by atoms with Gasteiger partial charge in [-0.25, -0.2) is 4.79 Å². The summed E-state index contributed by atoms with van der Waals surface area (Å²) < 4.78 is 5.30. The standard InChI is InChI=1S/C12H23N3O4/c1-12(2,3)19-11(17)15-6-4-9(5-7-15)14-18-8-10(13)16/h9,14H,4-8H2,1-3H3,(H2,13,16). The lowest BCUT2D eigenvalue weighted by Gasteiger charge is -2.33. The monoisotopic (exact) mass is 273 g/mol. The quantitative estimate of drug-likeness (QED) is 0.723. The van der Waals surface area contributed by atoms with E-state index in [2.05, 4.69) is 5.48 Å². The molecule has 1 aliphatic rings. The number of primary amides is 1. The first-order valence-corrected chi connectivity index (χ1v) is 6.41. The second kappa shape index (κ2) is 6.72. The summed E-state index contributed by atoms with van der Waals surface area (Å²) in [4.78, 5) is 28.9. The zero-order chi connectivity index (χ0) is 14.5. The zero-order valence-electron chi connectivity index (χ0n) is 11.8. The van der Waals surface area contributed by atoms with Crippen LogP contribution in [0.4, 0.5) is 4.79 Å². The highest BCUT2D eigenvalue weighted by molar-refractivity contribution is 5.74. The molecule has 1 fully saturated rings. The van der Waals surface area contributed by atoms with E-state index in [0.717, 1.165) is 12.8 Å². The van der Waals surface area contributed by atoms with Crippen molar-refractivity contribution in [3.63, 3.8) is 0 Å². The number of hydroxylamine groups is 1. The van der Waals surface area contributed by atoms with E-state index in [1.165, 1.54) is 0 Å². The lowest BCUT2D eigenvalue weighted by Crippen LogP contribution is -2.46. The molecule has 0 atom stereocenters. The van der Waals surface area contributed by atoms with Crippen LogP contribution in [-0.2, 0) is 14.4 Å². The minimum absolute atomic E-state index is 0.123. The van der Waals surface area contributed by atoms with Crippen molar-refractivity contribution in [2.24, 2.45) is 5.73 Å². The van der Waals surface area contributed by atoms with Crippen LogP contribution in [0.3, 0.4) is 0 Å². The summed E-state index contributed by atoms with van der Waals surface area (Å²) in [5.74, 6) is -0.515. The number of likely N-dealkylation sites (tertiary alicyclic amines) is 1. The molecular formula is C12H23N3O4. The van der Waals surface area contributed by atoms with Crippen LogP contribution in [0.2, 0.25) is 0 Å². The molecule has 3 N–H and O–H groups in total. The lowest BCUT2D eigenvalue weighted by molar-refractivity contribution is -0.126. The van der Waals surface area contributed by atoms with Crippen LogP contribution in [0, 0.1) is 0 Å². The van der Waals surface area contributed by atoms with Crippen LogP contribution < -0.4 is 11.2 Å². The van der Waals surface area contributed by atoms with Crippen molar-refractivity contribution in [2.45, 2.75) is 45.3 Å². The van der Waals surface area contributed by atoms with Gasteiger partial charge in [0.05, 0.1) is 0 Å². The van der Waals surface area contributed by atoms with Gasteiger partial charge in [-0.2, -0.15) is 5.48 Å². The number of hydrogen-bond acceptors (Lipinski definition) is 5. The average Bonchev–Trinajstić information content (AvgIpc) is 2.27. The van der Waals surface area contributed by atoms with Gasteiger partial charge in [-0.3, -0.25) is 9.63 Å². The molecule has 110 valence electrons. The van der Waals surface area contributed by atoms with E-state index < -0.39 is 11.5 Å². The van der Waals surface area contributed by atoms with Gasteiger partial charge in [-0.1, -0.05) is 0 Å². The van der Waals surface area contributed by atoms with Crippen LogP contribution in [0.25, 0.3) is 0 Å². The Kier molecular flexibility index (Phi) is 5.56. The number of nitrogens with one attached hydrogen (secondary N) is 1. The first-order valence-electron chi connectivity index (χ1n) is 6.41. The molecule has 0 spiro atoms. The van der Waals surface area contributed by atoms with E-state index >= 15 is 0 Å². The van der Waals surface area contributed by atoms with Gasteiger partial charge in [-0.15, -0.1) is 0 Å². The van der Waals surface area contributed by atoms with E-state index in [0.29, 0.717) is 13.1 Å². The molecule has 19 heavy (non-hydrogen) atoms. The maximum absolute atomic E-state index is 11.8. The van der Waals surface area contributed by atoms with Gasteiger partial charge < -0.3 is 15.4 Å². The van der Waals surface area contributed by atoms with Crippen molar-refractivity contribution in [1.29, 1.82) is 0 Å². The molecule has 0 aliphatic carbocycles. The number of nitrogens with two attached hydrogens (primary N) is 1. The molecule has 1 aliphatic heterocycles. The Labute approximate surface area is 113 Å². The first kappa shape index (κ1) is 15.7. The van der Waals surface area contributed by atoms with E-state index in [-0.39, 0.29) is 18.7 Å². The third-order valence-electron chi connectivity index (χ3n) is 2.61. The number of amides is 2. The molecule has 1 saturated heterocycles. The number of carbonyl (C=O) groups is 2. The molecule has 0 aromatic rings. The molecule has 1 rings (SSSR count). The fraction of sp³-hybridized carbons (Fsp3) is 0.833. The maximum atomic E-state index is 11.8. The number of nitrogens with zero attached hydrogens (tertiary/aromatic N) is 1. The van der Waals surface area contributed by atoms with Crippen LogP contribution in [-0.4, -0.2) is 48.2 Å². The summed E-state index contributed by atoms with van der Waals surface area (Å²) in [5, 5.41) is 0. The predicted octanol–water partition coefficient (Wildman–Crippen LogP) is 0.392. The van der Waals surface area contributed by atoms with Crippen molar-refractivity contribution in [3.05, 3.63) is 0 Å². The molecule has 1 heterocycles. The average molecular weight is 273 g/mol. The van der Waals surface area contributed by atoms with Gasteiger partial charge in [0.25, 0.3) is 0 Å². The Morgan fingerprint density at radius 2 is 1.89 bits per heavy atom. The Morgan fingerprint density at radius 1 is 1.32 bits per heavy atom. The highest BCUT2D eigenvalue weighted by atomic mass is 16.6. The lowest BCUT2D eigenvalue weighted by atomic mass is 10.1. The molecule has 7 heteroatoms. The predicted molar refractivity (Wildman–Crippen MR) is 69.1 cm³/mol. The van der Waals surface area contributed by atoms with Gasteiger partial charge in [0.2, 0.25) is 5.91 Å². The van der Waals surface area contributed by atoms with Crippen molar-refractivity contribution >= 4 is 12.0 Å². The molecule has 7 nitrogen and oxygen atoms in total. The molecule has 0 saturated carbocycles. The number of rotatable bonds is 4. The molecule has 0 aromatic heterocycles. The summed E-state index contributed by atoms with van der Waals surface area (Å²) >= 11 is 0. The summed E-state index contributed by atoms with van der Waals surface area (Å²) in [6, 6.07) is 0.123. The third kappa shape index (κ3) is 6.40. The SMILES string of the molecule is CC(C)(C)OC(=O)N1CCC(NOCC(N)=O)CC1. The Morgan fingerprint density at radius 3 is 2.37 bits per heavy atom. The molecular weight excluding hydrogens is 250 g/mol. The summed E-state index contributed by atoms with van der Waals surface area (Å²) in [6.45, 7) is 6.59. The normalized spacial score (nSPS) is 17.3. The molecule has 0 aromatic carbocycles. The smallest absolute Gasteiger partial charge is 0.410 e. The highest BCUT2D eigenvalue weighted by Crippen LogP contribution is 2.15. The first-order chi connectivity index (χ1) is 8.78.